The number of nitro groups is 1. The molecule has 2 rings (SSSR count). The summed E-state index contributed by atoms with van der Waals surface area (Å²) in [7, 11) is 0. The van der Waals surface area contributed by atoms with E-state index in [1.807, 2.05) is 0 Å². The summed E-state index contributed by atoms with van der Waals surface area (Å²) in [6, 6.07) is 0.165. The van der Waals surface area contributed by atoms with Gasteiger partial charge in [-0.1, -0.05) is 0 Å². The Kier molecular flexibility index (Phi) is 3.59. The van der Waals surface area contributed by atoms with E-state index in [1.165, 1.54) is 12.4 Å². The number of rotatable bonds is 5. The molecule has 0 bridgehead atoms. The summed E-state index contributed by atoms with van der Waals surface area (Å²) >= 11 is 0. The fourth-order valence-electron chi connectivity index (χ4n) is 2.16. The van der Waals surface area contributed by atoms with Gasteiger partial charge in [0.1, 0.15) is 12.4 Å². The summed E-state index contributed by atoms with van der Waals surface area (Å²) in [6.45, 7) is 2.19. The molecular weight excluding hydrogens is 238 g/mol. The second-order valence-corrected chi connectivity index (χ2v) is 4.44. The topological polar surface area (TPSA) is 87.3 Å². The van der Waals surface area contributed by atoms with Gasteiger partial charge in [0.15, 0.2) is 0 Å². The third-order valence-electron chi connectivity index (χ3n) is 3.14. The first-order valence-electron chi connectivity index (χ1n) is 5.94. The molecule has 0 aromatic carbocycles. The second-order valence-electron chi connectivity index (χ2n) is 4.44. The Bertz CT molecular complexity index is 451. The van der Waals surface area contributed by atoms with Crippen molar-refractivity contribution < 1.29 is 14.5 Å². The van der Waals surface area contributed by atoms with E-state index >= 15 is 0 Å². The van der Waals surface area contributed by atoms with Crippen molar-refractivity contribution in [3.63, 3.8) is 0 Å². The maximum atomic E-state index is 11.2. The number of nitrogens with zero attached hydrogens (tertiary/aromatic N) is 3. The summed E-state index contributed by atoms with van der Waals surface area (Å²) in [5.74, 6) is 0.129. The van der Waals surface area contributed by atoms with Crippen LogP contribution in [0.3, 0.4) is 0 Å². The molecule has 0 radical (unpaired) electrons. The molecular formula is C11H15N3O4. The minimum Gasteiger partial charge on any atom is -0.466 e. The Morgan fingerprint density at radius 1 is 1.67 bits per heavy atom. The lowest BCUT2D eigenvalue weighted by Crippen LogP contribution is -2.29. The van der Waals surface area contributed by atoms with E-state index in [0.717, 1.165) is 12.8 Å². The quantitative estimate of drug-likeness (QED) is 0.452. The van der Waals surface area contributed by atoms with Crippen molar-refractivity contribution in [2.75, 3.05) is 6.61 Å². The predicted octanol–water partition coefficient (Wildman–Crippen LogP) is 1.70. The molecule has 1 heterocycles. The SMILES string of the molecule is CCOC(=O)CC1CC(n2cc([N+](=O)[O-])cn2)C1. The van der Waals surface area contributed by atoms with Gasteiger partial charge in [0.2, 0.25) is 0 Å². The fraction of sp³-hybridized carbons (Fsp3) is 0.636. The van der Waals surface area contributed by atoms with E-state index in [0.29, 0.717) is 18.9 Å². The molecule has 0 atom stereocenters. The molecule has 0 aliphatic heterocycles. The number of ether oxygens (including phenoxy) is 1. The smallest absolute Gasteiger partial charge is 0.307 e. The third kappa shape index (κ3) is 2.66. The van der Waals surface area contributed by atoms with E-state index in [4.69, 9.17) is 4.74 Å². The monoisotopic (exact) mass is 253 g/mol. The largest absolute Gasteiger partial charge is 0.466 e. The molecule has 1 fully saturated rings. The number of esters is 1. The molecule has 1 aromatic heterocycles. The highest BCUT2D eigenvalue weighted by Crippen LogP contribution is 2.39. The summed E-state index contributed by atoms with van der Waals surface area (Å²) in [5, 5.41) is 14.5. The van der Waals surface area contributed by atoms with Crippen LogP contribution in [-0.2, 0) is 9.53 Å². The van der Waals surface area contributed by atoms with Crippen molar-refractivity contribution in [3.05, 3.63) is 22.5 Å². The zero-order chi connectivity index (χ0) is 13.1. The molecule has 0 saturated heterocycles. The van der Waals surface area contributed by atoms with Crippen molar-refractivity contribution in [1.29, 1.82) is 0 Å². The van der Waals surface area contributed by atoms with E-state index in [9.17, 15) is 14.9 Å². The molecule has 98 valence electrons. The highest BCUT2D eigenvalue weighted by molar-refractivity contribution is 5.69. The zero-order valence-corrected chi connectivity index (χ0v) is 10.1. The number of aromatic nitrogens is 2. The van der Waals surface area contributed by atoms with Crippen LogP contribution in [0.1, 0.15) is 32.2 Å². The molecule has 1 aromatic rings. The highest BCUT2D eigenvalue weighted by Gasteiger charge is 2.33. The van der Waals surface area contributed by atoms with Gasteiger partial charge in [0.05, 0.1) is 17.6 Å². The van der Waals surface area contributed by atoms with Gasteiger partial charge in [-0.3, -0.25) is 19.6 Å². The van der Waals surface area contributed by atoms with E-state index < -0.39 is 4.92 Å². The fourth-order valence-corrected chi connectivity index (χ4v) is 2.16. The number of carbonyl (C=O) groups is 1. The summed E-state index contributed by atoms with van der Waals surface area (Å²) in [4.78, 5) is 21.3. The van der Waals surface area contributed by atoms with Crippen molar-refractivity contribution >= 4 is 11.7 Å². The van der Waals surface area contributed by atoms with Crippen molar-refractivity contribution in [1.82, 2.24) is 9.78 Å². The van der Waals surface area contributed by atoms with Crippen molar-refractivity contribution in [3.8, 4) is 0 Å². The van der Waals surface area contributed by atoms with Crippen LogP contribution in [0.4, 0.5) is 5.69 Å². The Morgan fingerprint density at radius 2 is 2.39 bits per heavy atom. The molecule has 0 amide bonds. The van der Waals surface area contributed by atoms with Gasteiger partial charge < -0.3 is 4.74 Å². The predicted molar refractivity (Wildman–Crippen MR) is 61.9 cm³/mol. The molecule has 1 saturated carbocycles. The summed E-state index contributed by atoms with van der Waals surface area (Å²) in [5.41, 5.74) is 0.00356. The third-order valence-corrected chi connectivity index (χ3v) is 3.14. The van der Waals surface area contributed by atoms with Gasteiger partial charge in [0.25, 0.3) is 0 Å². The molecule has 1 aliphatic rings. The van der Waals surface area contributed by atoms with Crippen LogP contribution in [0, 0.1) is 16.0 Å². The minimum atomic E-state index is -0.460. The summed E-state index contributed by atoms with van der Waals surface area (Å²) in [6.07, 6.45) is 4.74. The highest BCUT2D eigenvalue weighted by atomic mass is 16.6. The maximum Gasteiger partial charge on any atom is 0.307 e. The Balaban J connectivity index is 1.81. The van der Waals surface area contributed by atoms with Crippen LogP contribution in [0.15, 0.2) is 12.4 Å². The average Bonchev–Trinajstić information content (AvgIpc) is 2.72. The van der Waals surface area contributed by atoms with Crippen LogP contribution in [0.5, 0.6) is 0 Å². The number of hydrogen-bond acceptors (Lipinski definition) is 5. The maximum absolute atomic E-state index is 11.2. The summed E-state index contributed by atoms with van der Waals surface area (Å²) < 4.78 is 6.48. The molecule has 0 unspecified atom stereocenters. The lowest BCUT2D eigenvalue weighted by Gasteiger charge is -2.34. The van der Waals surface area contributed by atoms with Crippen LogP contribution in [-0.4, -0.2) is 27.3 Å². The number of hydrogen-bond donors (Lipinski definition) is 0. The van der Waals surface area contributed by atoms with Crippen molar-refractivity contribution in [2.24, 2.45) is 5.92 Å². The van der Waals surface area contributed by atoms with Crippen LogP contribution < -0.4 is 0 Å². The average molecular weight is 253 g/mol. The Labute approximate surface area is 104 Å². The van der Waals surface area contributed by atoms with Gasteiger partial charge in [-0.2, -0.15) is 5.10 Å². The molecule has 0 spiro atoms. The van der Waals surface area contributed by atoms with Crippen LogP contribution in [0.2, 0.25) is 0 Å². The Morgan fingerprint density at radius 3 is 2.94 bits per heavy atom. The van der Waals surface area contributed by atoms with Crippen molar-refractivity contribution in [2.45, 2.75) is 32.2 Å². The standard InChI is InChI=1S/C11H15N3O4/c1-2-18-11(15)5-8-3-9(4-8)13-7-10(6-12-13)14(16)17/h6-9H,2-5H2,1H3. The van der Waals surface area contributed by atoms with Gasteiger partial charge in [0, 0.05) is 6.42 Å². The first-order valence-corrected chi connectivity index (χ1v) is 5.94. The normalized spacial score (nSPS) is 22.3. The second kappa shape index (κ2) is 5.16. The van der Waals surface area contributed by atoms with Crippen LogP contribution in [0.25, 0.3) is 0 Å². The molecule has 18 heavy (non-hydrogen) atoms. The lowest BCUT2D eigenvalue weighted by molar-refractivity contribution is -0.385. The molecule has 7 nitrogen and oxygen atoms in total. The zero-order valence-electron chi connectivity index (χ0n) is 10.1. The lowest BCUT2D eigenvalue weighted by atomic mass is 9.78. The van der Waals surface area contributed by atoms with E-state index in [-0.39, 0.29) is 17.7 Å². The minimum absolute atomic E-state index is 0.00356. The van der Waals surface area contributed by atoms with E-state index in [2.05, 4.69) is 5.10 Å². The van der Waals surface area contributed by atoms with E-state index in [1.54, 1.807) is 11.6 Å². The number of carbonyl (C=O) groups excluding carboxylic acids is 1. The first kappa shape index (κ1) is 12.5. The molecule has 7 heteroatoms. The first-order chi connectivity index (χ1) is 8.60. The van der Waals surface area contributed by atoms with Gasteiger partial charge in [-0.25, -0.2) is 0 Å². The van der Waals surface area contributed by atoms with Gasteiger partial charge in [-0.05, 0) is 25.7 Å². The van der Waals surface area contributed by atoms with Gasteiger partial charge in [-0.15, -0.1) is 0 Å². The Hall–Kier alpha value is -1.92. The molecule has 1 aliphatic carbocycles. The molecule has 0 N–H and O–H groups in total. The van der Waals surface area contributed by atoms with Gasteiger partial charge >= 0.3 is 11.7 Å². The van der Waals surface area contributed by atoms with Crippen LogP contribution >= 0.6 is 0 Å².